The van der Waals surface area contributed by atoms with Crippen LogP contribution in [0.25, 0.3) is 0 Å². The van der Waals surface area contributed by atoms with Crippen molar-refractivity contribution in [1.82, 2.24) is 0 Å². The number of rotatable bonds is 2. The van der Waals surface area contributed by atoms with Gasteiger partial charge in [0.2, 0.25) is 5.79 Å². The van der Waals surface area contributed by atoms with E-state index in [1.807, 2.05) is 56.3 Å². The highest BCUT2D eigenvalue weighted by atomic mass is 16.7. The maximum atomic E-state index is 13.2. The van der Waals surface area contributed by atoms with Gasteiger partial charge in [-0.25, -0.2) is 0 Å². The summed E-state index contributed by atoms with van der Waals surface area (Å²) in [5.74, 6) is 0.338. The zero-order valence-electron chi connectivity index (χ0n) is 13.4. The van der Waals surface area contributed by atoms with Gasteiger partial charge in [0.15, 0.2) is 11.4 Å². The number of methoxy groups -OCH3 is 1. The molecule has 118 valence electrons. The monoisotopic (exact) mass is 310 g/mol. The Morgan fingerprint density at radius 3 is 2.65 bits per heavy atom. The average Bonchev–Trinajstić information content (AvgIpc) is 2.58. The molecule has 0 N–H and O–H groups in total. The first-order valence-corrected chi connectivity index (χ1v) is 7.76. The molecular formula is C19H18O4. The fourth-order valence-electron chi connectivity index (χ4n) is 3.66. The third-order valence-electron chi connectivity index (χ3n) is 4.82. The summed E-state index contributed by atoms with van der Waals surface area (Å²) in [6, 6.07) is 13.0. The summed E-state index contributed by atoms with van der Waals surface area (Å²) in [5, 5.41) is 0. The molecule has 0 unspecified atom stereocenters. The fraction of sp³-hybridized carbons (Fsp3) is 0.316. The molecule has 0 saturated heterocycles. The number of carbonyl (C=O) groups is 1. The predicted octanol–water partition coefficient (Wildman–Crippen LogP) is 3.78. The lowest BCUT2D eigenvalue weighted by atomic mass is 9.76. The van der Waals surface area contributed by atoms with Crippen LogP contribution in [0.3, 0.4) is 0 Å². The molecule has 2 bridgehead atoms. The van der Waals surface area contributed by atoms with Crippen molar-refractivity contribution in [2.75, 3.05) is 7.11 Å². The smallest absolute Gasteiger partial charge is 0.236 e. The minimum atomic E-state index is -1.01. The normalized spacial score (nSPS) is 27.7. The Morgan fingerprint density at radius 2 is 1.91 bits per heavy atom. The molecule has 2 aliphatic rings. The summed E-state index contributed by atoms with van der Waals surface area (Å²) in [7, 11) is 1.61. The maximum Gasteiger partial charge on any atom is 0.236 e. The molecule has 23 heavy (non-hydrogen) atoms. The third kappa shape index (κ3) is 1.72. The number of benzene rings is 2. The van der Waals surface area contributed by atoms with E-state index < -0.39 is 11.4 Å². The third-order valence-corrected chi connectivity index (χ3v) is 4.82. The van der Waals surface area contributed by atoms with E-state index in [1.54, 1.807) is 7.11 Å². The van der Waals surface area contributed by atoms with Gasteiger partial charge in [0.1, 0.15) is 11.5 Å². The summed E-state index contributed by atoms with van der Waals surface area (Å²) in [5.41, 5.74) is 1.19. The minimum Gasteiger partial charge on any atom is -0.497 e. The molecule has 0 amide bonds. The average molecular weight is 310 g/mol. The number of fused-ring (bicyclic) bond motifs is 6. The van der Waals surface area contributed by atoms with Gasteiger partial charge >= 0.3 is 0 Å². The molecule has 0 fully saturated rings. The molecule has 2 heterocycles. The van der Waals surface area contributed by atoms with Crippen LogP contribution in [0.4, 0.5) is 0 Å². The van der Waals surface area contributed by atoms with Gasteiger partial charge in [-0.15, -0.1) is 0 Å². The SMILES string of the molecule is CC[C@]12O[C@](C)(Oc3cc(OC)ccc31)c1ccccc1C2=O. The molecule has 2 aliphatic heterocycles. The van der Waals surface area contributed by atoms with Crippen LogP contribution in [-0.4, -0.2) is 12.9 Å². The van der Waals surface area contributed by atoms with Gasteiger partial charge in [0.25, 0.3) is 0 Å². The first-order valence-electron chi connectivity index (χ1n) is 7.76. The second-order valence-electron chi connectivity index (χ2n) is 6.07. The van der Waals surface area contributed by atoms with Crippen molar-refractivity contribution in [3.8, 4) is 11.5 Å². The number of carbonyl (C=O) groups excluding carboxylic acids is 1. The Morgan fingerprint density at radius 1 is 1.13 bits per heavy atom. The Hall–Kier alpha value is -2.33. The van der Waals surface area contributed by atoms with E-state index >= 15 is 0 Å². The van der Waals surface area contributed by atoms with E-state index in [1.165, 1.54) is 0 Å². The van der Waals surface area contributed by atoms with Crippen LogP contribution >= 0.6 is 0 Å². The van der Waals surface area contributed by atoms with Crippen LogP contribution in [0.5, 0.6) is 11.5 Å². The highest BCUT2D eigenvalue weighted by Gasteiger charge is 2.57. The molecule has 2 aromatic carbocycles. The second kappa shape index (κ2) is 4.59. The highest BCUT2D eigenvalue weighted by Crippen LogP contribution is 2.54. The van der Waals surface area contributed by atoms with Gasteiger partial charge in [-0.05, 0) is 18.6 Å². The van der Waals surface area contributed by atoms with E-state index in [0.29, 0.717) is 23.5 Å². The summed E-state index contributed by atoms with van der Waals surface area (Å²) in [4.78, 5) is 13.2. The number of Topliss-reactive ketones (excluding diaryl/α,β-unsaturated/α-hetero) is 1. The molecule has 0 aromatic heterocycles. The topological polar surface area (TPSA) is 44.8 Å². The Bertz CT molecular complexity index is 813. The molecule has 4 heteroatoms. The molecule has 0 aliphatic carbocycles. The Balaban J connectivity index is 2.02. The van der Waals surface area contributed by atoms with Crippen molar-refractivity contribution in [2.45, 2.75) is 31.7 Å². The van der Waals surface area contributed by atoms with Crippen LogP contribution in [-0.2, 0) is 16.1 Å². The molecule has 0 saturated carbocycles. The van der Waals surface area contributed by atoms with Gasteiger partial charge in [-0.3, -0.25) is 4.79 Å². The van der Waals surface area contributed by atoms with Crippen molar-refractivity contribution < 1.29 is 19.0 Å². The molecule has 2 atom stereocenters. The van der Waals surface area contributed by atoms with Gasteiger partial charge in [0.05, 0.1) is 7.11 Å². The van der Waals surface area contributed by atoms with Gasteiger partial charge in [-0.1, -0.05) is 31.2 Å². The lowest BCUT2D eigenvalue weighted by molar-refractivity contribution is -0.260. The lowest BCUT2D eigenvalue weighted by Gasteiger charge is -2.50. The Labute approximate surface area is 135 Å². The fourth-order valence-corrected chi connectivity index (χ4v) is 3.66. The minimum absolute atomic E-state index is 0.0113. The van der Waals surface area contributed by atoms with Crippen LogP contribution in [0.15, 0.2) is 42.5 Å². The zero-order valence-corrected chi connectivity index (χ0v) is 13.4. The number of hydrogen-bond acceptors (Lipinski definition) is 4. The summed E-state index contributed by atoms with van der Waals surface area (Å²) in [6.07, 6.45) is 0.540. The number of ether oxygens (including phenoxy) is 3. The van der Waals surface area contributed by atoms with E-state index in [2.05, 4.69) is 0 Å². The van der Waals surface area contributed by atoms with Crippen LogP contribution in [0, 0.1) is 0 Å². The first-order chi connectivity index (χ1) is 11.0. The van der Waals surface area contributed by atoms with Gasteiger partial charge in [0, 0.05) is 29.7 Å². The van der Waals surface area contributed by atoms with Crippen LogP contribution in [0.1, 0.15) is 41.8 Å². The van der Waals surface area contributed by atoms with Gasteiger partial charge < -0.3 is 14.2 Å². The molecule has 4 rings (SSSR count). The summed E-state index contributed by atoms with van der Waals surface area (Å²) >= 11 is 0. The van der Waals surface area contributed by atoms with E-state index in [-0.39, 0.29) is 5.78 Å². The lowest BCUT2D eigenvalue weighted by Crippen LogP contribution is -2.55. The van der Waals surface area contributed by atoms with Crippen LogP contribution < -0.4 is 9.47 Å². The molecular weight excluding hydrogens is 292 g/mol. The molecule has 4 nitrogen and oxygen atoms in total. The summed E-state index contributed by atoms with van der Waals surface area (Å²) in [6.45, 7) is 3.83. The predicted molar refractivity (Wildman–Crippen MR) is 84.8 cm³/mol. The van der Waals surface area contributed by atoms with E-state index in [0.717, 1.165) is 11.1 Å². The van der Waals surface area contributed by atoms with Crippen molar-refractivity contribution in [3.05, 3.63) is 59.2 Å². The zero-order chi connectivity index (χ0) is 16.2. The van der Waals surface area contributed by atoms with Crippen molar-refractivity contribution in [1.29, 1.82) is 0 Å². The van der Waals surface area contributed by atoms with Crippen LogP contribution in [0.2, 0.25) is 0 Å². The standard InChI is InChI=1S/C19H18O4/c1-4-19-15-10-9-12(21-3)11-16(15)22-18(2,23-19)14-8-6-5-7-13(14)17(19)20/h5-11H,4H2,1-3H3/t18-,19-/m0/s1. The molecule has 0 radical (unpaired) electrons. The highest BCUT2D eigenvalue weighted by molar-refractivity contribution is 6.06. The van der Waals surface area contributed by atoms with E-state index in [4.69, 9.17) is 14.2 Å². The number of ketones is 1. The molecule has 0 spiro atoms. The first kappa shape index (κ1) is 14.3. The van der Waals surface area contributed by atoms with Crippen molar-refractivity contribution in [3.63, 3.8) is 0 Å². The number of hydrogen-bond donors (Lipinski definition) is 0. The second-order valence-corrected chi connectivity index (χ2v) is 6.07. The van der Waals surface area contributed by atoms with Crippen molar-refractivity contribution in [2.24, 2.45) is 0 Å². The largest absolute Gasteiger partial charge is 0.497 e. The molecule has 2 aromatic rings. The van der Waals surface area contributed by atoms with Gasteiger partial charge in [-0.2, -0.15) is 0 Å². The quantitative estimate of drug-likeness (QED) is 0.847. The maximum absolute atomic E-state index is 13.2. The summed E-state index contributed by atoms with van der Waals surface area (Å²) < 4.78 is 17.7. The van der Waals surface area contributed by atoms with Crippen molar-refractivity contribution >= 4 is 5.78 Å². The van der Waals surface area contributed by atoms with E-state index in [9.17, 15) is 4.79 Å². The Kier molecular flexibility index (Phi) is 2.85.